The molecule has 3 rings (SSSR count). The van der Waals surface area contributed by atoms with Crippen LogP contribution < -0.4 is 4.80 Å². The van der Waals surface area contributed by atoms with Crippen LogP contribution in [0.4, 0.5) is 0 Å². The summed E-state index contributed by atoms with van der Waals surface area (Å²) in [5.74, 6) is -0.835. The number of ether oxygens (including phenoxy) is 1. The molecule has 0 saturated heterocycles. The Kier molecular flexibility index (Phi) is 4.78. The number of aryl methyl sites for hydroxylation is 4. The van der Waals surface area contributed by atoms with E-state index in [2.05, 4.69) is 10.1 Å². The third kappa shape index (κ3) is 3.32. The van der Waals surface area contributed by atoms with Gasteiger partial charge >= 0.3 is 5.97 Å². The molecule has 1 aromatic carbocycles. The summed E-state index contributed by atoms with van der Waals surface area (Å²) in [6.07, 6.45) is 0. The number of carbonyl (C=O) groups is 2. The molecule has 136 valence electrons. The summed E-state index contributed by atoms with van der Waals surface area (Å²) in [5.41, 5.74) is 4.25. The van der Waals surface area contributed by atoms with Crippen molar-refractivity contribution in [2.45, 2.75) is 27.3 Å². The van der Waals surface area contributed by atoms with Gasteiger partial charge in [0.15, 0.2) is 10.5 Å². The van der Waals surface area contributed by atoms with Crippen molar-refractivity contribution in [1.82, 2.24) is 14.3 Å². The van der Waals surface area contributed by atoms with E-state index < -0.39 is 11.9 Å². The van der Waals surface area contributed by atoms with E-state index in [4.69, 9.17) is 4.74 Å². The SMILES string of the molecule is COC(=O)Cn1c(=NC(=O)c2cc(C)n(C)n2)sc2cc(C)c(C)cc21. The minimum absolute atomic E-state index is 0.00758. The molecule has 1 amide bonds. The van der Waals surface area contributed by atoms with Gasteiger partial charge in [0.2, 0.25) is 0 Å². The quantitative estimate of drug-likeness (QED) is 0.661. The van der Waals surface area contributed by atoms with E-state index in [-0.39, 0.29) is 12.2 Å². The molecular formula is C18H20N4O3S. The number of benzene rings is 1. The van der Waals surface area contributed by atoms with Crippen LogP contribution in [0.25, 0.3) is 10.2 Å². The van der Waals surface area contributed by atoms with Crippen LogP contribution in [-0.2, 0) is 23.1 Å². The molecule has 7 nitrogen and oxygen atoms in total. The molecule has 2 aromatic heterocycles. The van der Waals surface area contributed by atoms with E-state index in [9.17, 15) is 9.59 Å². The molecule has 0 fully saturated rings. The van der Waals surface area contributed by atoms with Crippen LogP contribution in [0, 0.1) is 20.8 Å². The average Bonchev–Trinajstić information content (AvgIpc) is 3.09. The maximum Gasteiger partial charge on any atom is 0.325 e. The van der Waals surface area contributed by atoms with E-state index in [1.807, 2.05) is 32.9 Å². The predicted octanol–water partition coefficient (Wildman–Crippen LogP) is 2.28. The summed E-state index contributed by atoms with van der Waals surface area (Å²) in [6, 6.07) is 5.73. The van der Waals surface area contributed by atoms with Crippen LogP contribution in [0.5, 0.6) is 0 Å². The molecule has 0 N–H and O–H groups in total. The van der Waals surface area contributed by atoms with Crippen molar-refractivity contribution in [2.75, 3.05) is 7.11 Å². The highest BCUT2D eigenvalue weighted by Gasteiger charge is 2.15. The first-order valence-corrected chi connectivity index (χ1v) is 8.89. The second-order valence-electron chi connectivity index (χ2n) is 6.16. The maximum absolute atomic E-state index is 12.5. The summed E-state index contributed by atoms with van der Waals surface area (Å²) >= 11 is 1.37. The van der Waals surface area contributed by atoms with Crippen molar-refractivity contribution in [3.63, 3.8) is 0 Å². The molecule has 0 aliphatic rings. The van der Waals surface area contributed by atoms with Crippen LogP contribution >= 0.6 is 11.3 Å². The van der Waals surface area contributed by atoms with Crippen molar-refractivity contribution in [1.29, 1.82) is 0 Å². The van der Waals surface area contributed by atoms with Crippen molar-refractivity contribution in [2.24, 2.45) is 12.0 Å². The number of rotatable bonds is 3. The van der Waals surface area contributed by atoms with Gasteiger partial charge in [0, 0.05) is 12.7 Å². The fourth-order valence-electron chi connectivity index (χ4n) is 2.56. The maximum atomic E-state index is 12.5. The van der Waals surface area contributed by atoms with E-state index in [0.717, 1.165) is 27.0 Å². The van der Waals surface area contributed by atoms with Gasteiger partial charge in [0.25, 0.3) is 5.91 Å². The molecule has 0 unspecified atom stereocenters. The number of hydrogen-bond donors (Lipinski definition) is 0. The largest absolute Gasteiger partial charge is 0.468 e. The molecule has 2 heterocycles. The van der Waals surface area contributed by atoms with Crippen molar-refractivity contribution in [3.05, 3.63) is 45.5 Å². The minimum Gasteiger partial charge on any atom is -0.468 e. The van der Waals surface area contributed by atoms with E-state index in [0.29, 0.717) is 4.80 Å². The van der Waals surface area contributed by atoms with Crippen LogP contribution in [0.1, 0.15) is 27.3 Å². The van der Waals surface area contributed by atoms with Crippen LogP contribution in [-0.4, -0.2) is 33.3 Å². The van der Waals surface area contributed by atoms with Crippen LogP contribution in [0.2, 0.25) is 0 Å². The van der Waals surface area contributed by atoms with E-state index in [1.54, 1.807) is 22.4 Å². The monoisotopic (exact) mass is 372 g/mol. The Balaban J connectivity index is 2.18. The Morgan fingerprint density at radius 3 is 2.50 bits per heavy atom. The molecule has 3 aromatic rings. The zero-order valence-corrected chi connectivity index (χ0v) is 16.2. The fraction of sp³-hybridized carbons (Fsp3) is 0.333. The minimum atomic E-state index is -0.438. The second-order valence-corrected chi connectivity index (χ2v) is 7.17. The third-order valence-electron chi connectivity index (χ3n) is 4.34. The normalized spacial score (nSPS) is 12.0. The number of nitrogens with zero attached hydrogens (tertiary/aromatic N) is 4. The van der Waals surface area contributed by atoms with Crippen LogP contribution in [0.15, 0.2) is 23.2 Å². The van der Waals surface area contributed by atoms with Crippen molar-refractivity contribution >= 4 is 33.4 Å². The van der Waals surface area contributed by atoms with Gasteiger partial charge in [-0.25, -0.2) is 0 Å². The van der Waals surface area contributed by atoms with E-state index in [1.165, 1.54) is 18.4 Å². The van der Waals surface area contributed by atoms with Gasteiger partial charge < -0.3 is 9.30 Å². The number of fused-ring (bicyclic) bond motifs is 1. The second kappa shape index (κ2) is 6.87. The van der Waals surface area contributed by atoms with Gasteiger partial charge in [0.05, 0.1) is 17.3 Å². The lowest BCUT2D eigenvalue weighted by atomic mass is 10.1. The van der Waals surface area contributed by atoms with Crippen LogP contribution in [0.3, 0.4) is 0 Å². The first-order valence-electron chi connectivity index (χ1n) is 8.07. The summed E-state index contributed by atoms with van der Waals surface area (Å²) in [5, 5.41) is 4.17. The number of hydrogen-bond acceptors (Lipinski definition) is 5. The zero-order valence-electron chi connectivity index (χ0n) is 15.4. The predicted molar refractivity (Wildman–Crippen MR) is 99.1 cm³/mol. The summed E-state index contributed by atoms with van der Waals surface area (Å²) in [4.78, 5) is 29.1. The van der Waals surface area contributed by atoms with Gasteiger partial charge in [-0.2, -0.15) is 10.1 Å². The van der Waals surface area contributed by atoms with Gasteiger partial charge in [-0.3, -0.25) is 14.3 Å². The Labute approximate surface area is 154 Å². The molecule has 8 heteroatoms. The lowest BCUT2D eigenvalue weighted by Crippen LogP contribution is -2.22. The topological polar surface area (TPSA) is 78.5 Å². The number of thiazole rings is 1. The molecule has 0 bridgehead atoms. The molecule has 0 spiro atoms. The van der Waals surface area contributed by atoms with Gasteiger partial charge in [-0.1, -0.05) is 11.3 Å². The molecular weight excluding hydrogens is 352 g/mol. The first-order chi connectivity index (χ1) is 12.3. The molecule has 0 atom stereocenters. The summed E-state index contributed by atoms with van der Waals surface area (Å²) < 4.78 is 9.09. The van der Waals surface area contributed by atoms with Crippen molar-refractivity contribution in [3.8, 4) is 0 Å². The van der Waals surface area contributed by atoms with Gasteiger partial charge in [-0.05, 0) is 50.1 Å². The molecule has 0 aliphatic heterocycles. The number of carbonyl (C=O) groups excluding carboxylic acids is 2. The number of methoxy groups -OCH3 is 1. The highest BCUT2D eigenvalue weighted by atomic mass is 32.1. The standard InChI is InChI=1S/C18H20N4O3S/c1-10-6-14-15(7-11(10)2)26-18(22(14)9-16(23)25-5)19-17(24)13-8-12(3)21(4)20-13/h6-8H,9H2,1-5H3. The Bertz CT molecular complexity index is 1070. The highest BCUT2D eigenvalue weighted by molar-refractivity contribution is 7.16. The average molecular weight is 372 g/mol. The first kappa shape index (κ1) is 18.1. The molecule has 0 radical (unpaired) electrons. The summed E-state index contributed by atoms with van der Waals surface area (Å²) in [6.45, 7) is 5.89. The number of amides is 1. The molecule has 0 aliphatic carbocycles. The smallest absolute Gasteiger partial charge is 0.325 e. The van der Waals surface area contributed by atoms with E-state index >= 15 is 0 Å². The lowest BCUT2D eigenvalue weighted by molar-refractivity contribution is -0.141. The Hall–Kier alpha value is -2.74. The summed E-state index contributed by atoms with van der Waals surface area (Å²) in [7, 11) is 3.11. The fourth-order valence-corrected chi connectivity index (χ4v) is 3.67. The molecule has 26 heavy (non-hydrogen) atoms. The lowest BCUT2D eigenvalue weighted by Gasteiger charge is -2.05. The van der Waals surface area contributed by atoms with Crippen molar-refractivity contribution < 1.29 is 14.3 Å². The highest BCUT2D eigenvalue weighted by Crippen LogP contribution is 2.22. The van der Waals surface area contributed by atoms with Gasteiger partial charge in [0.1, 0.15) is 6.54 Å². The zero-order chi connectivity index (χ0) is 19.0. The number of esters is 1. The Morgan fingerprint density at radius 1 is 1.19 bits per heavy atom. The number of aromatic nitrogens is 3. The molecule has 0 saturated carbocycles. The van der Waals surface area contributed by atoms with Gasteiger partial charge in [-0.15, -0.1) is 0 Å². The third-order valence-corrected chi connectivity index (χ3v) is 5.38. The Morgan fingerprint density at radius 2 is 1.88 bits per heavy atom.